The van der Waals surface area contributed by atoms with E-state index in [2.05, 4.69) is 28.9 Å². The molecule has 0 amide bonds. The van der Waals surface area contributed by atoms with Crippen molar-refractivity contribution in [2.24, 2.45) is 16.8 Å². The van der Waals surface area contributed by atoms with Crippen LogP contribution in [0.4, 0.5) is 0 Å². The van der Waals surface area contributed by atoms with Gasteiger partial charge in [-0.25, -0.2) is 0 Å². The van der Waals surface area contributed by atoms with Crippen molar-refractivity contribution in [2.45, 2.75) is 58.7 Å². The fourth-order valence-corrected chi connectivity index (χ4v) is 6.71. The smallest absolute Gasteiger partial charge is 0.175 e. The molecule has 0 saturated heterocycles. The standard InChI is InChI=1S/C36H37BrN2O5/c1-5-8-23-15-31-35(32(40)16-23)34(29(19-38)22(2)39-31)26-17-30(37)36(44-21-25-10-7-12-28(14-25)42-4)33(18-26)43-20-24-9-6-11-27(13-24)41-3/h6-7,9-14,17-18,23,29,34H,5,8,15-16,20-21H2,1-4H3. The Morgan fingerprint density at radius 2 is 1.61 bits per heavy atom. The number of aliphatic imine (C=N–C) groups is 1. The highest BCUT2D eigenvalue weighted by Crippen LogP contribution is 2.48. The van der Waals surface area contributed by atoms with Crippen LogP contribution in [-0.2, 0) is 18.0 Å². The Hall–Kier alpha value is -4.09. The quantitative estimate of drug-likeness (QED) is 0.206. The van der Waals surface area contributed by atoms with Crippen LogP contribution in [0.15, 0.2) is 81.4 Å². The molecule has 3 unspecified atom stereocenters. The van der Waals surface area contributed by atoms with Gasteiger partial charge in [0.25, 0.3) is 0 Å². The van der Waals surface area contributed by atoms with Gasteiger partial charge in [-0.05, 0) is 94.7 Å². The molecule has 44 heavy (non-hydrogen) atoms. The van der Waals surface area contributed by atoms with Gasteiger partial charge in [0, 0.05) is 29.3 Å². The van der Waals surface area contributed by atoms with Gasteiger partial charge < -0.3 is 18.9 Å². The molecular formula is C36H37BrN2O5. The van der Waals surface area contributed by atoms with Crippen LogP contribution >= 0.6 is 15.9 Å². The number of ether oxygens (including phenoxy) is 4. The van der Waals surface area contributed by atoms with Gasteiger partial charge in [0.1, 0.15) is 24.7 Å². The normalized spacial score (nSPS) is 19.5. The maximum absolute atomic E-state index is 13.7. The lowest BCUT2D eigenvalue weighted by Crippen LogP contribution is -2.32. The molecule has 0 spiro atoms. The zero-order valence-electron chi connectivity index (χ0n) is 25.6. The van der Waals surface area contributed by atoms with Crippen molar-refractivity contribution in [1.29, 1.82) is 5.26 Å². The van der Waals surface area contributed by atoms with Crippen molar-refractivity contribution < 1.29 is 23.7 Å². The summed E-state index contributed by atoms with van der Waals surface area (Å²) in [5.74, 6) is 1.86. The summed E-state index contributed by atoms with van der Waals surface area (Å²) < 4.78 is 24.2. The third kappa shape index (κ3) is 6.84. The number of nitriles is 1. The summed E-state index contributed by atoms with van der Waals surface area (Å²) in [6.07, 6.45) is 3.24. The Labute approximate surface area is 267 Å². The molecule has 7 nitrogen and oxygen atoms in total. The average Bonchev–Trinajstić information content (AvgIpc) is 3.02. The first-order chi connectivity index (χ1) is 21.3. The SMILES string of the molecule is CCCC1CC(=O)C2=C(C1)N=C(C)C(C#N)C2c1cc(Br)c(OCc2cccc(OC)c2)c(OCc2cccc(OC)c2)c1. The molecule has 1 aliphatic carbocycles. The molecule has 1 heterocycles. The number of hydrogen-bond donors (Lipinski definition) is 0. The van der Waals surface area contributed by atoms with Crippen molar-refractivity contribution in [3.63, 3.8) is 0 Å². The van der Waals surface area contributed by atoms with Gasteiger partial charge in [-0.1, -0.05) is 37.6 Å². The van der Waals surface area contributed by atoms with Gasteiger partial charge in [0.05, 0.1) is 30.7 Å². The summed E-state index contributed by atoms with van der Waals surface area (Å²) in [6, 6.07) is 21.7. The molecule has 8 heteroatoms. The van der Waals surface area contributed by atoms with Crippen LogP contribution in [-0.4, -0.2) is 25.7 Å². The second kappa shape index (κ2) is 14.1. The van der Waals surface area contributed by atoms with E-state index in [1.807, 2.05) is 67.6 Å². The van der Waals surface area contributed by atoms with Crippen LogP contribution in [0.1, 0.15) is 62.1 Å². The van der Waals surface area contributed by atoms with E-state index >= 15 is 0 Å². The molecule has 0 fully saturated rings. The highest BCUT2D eigenvalue weighted by atomic mass is 79.9. The number of allylic oxidation sites excluding steroid dienone is 2. The second-order valence-corrected chi connectivity index (χ2v) is 12.1. The van der Waals surface area contributed by atoms with Crippen molar-refractivity contribution in [3.8, 4) is 29.1 Å². The molecule has 3 atom stereocenters. The first-order valence-electron chi connectivity index (χ1n) is 14.9. The average molecular weight is 658 g/mol. The number of nitrogens with zero attached hydrogens (tertiary/aromatic N) is 2. The van der Waals surface area contributed by atoms with Crippen molar-refractivity contribution in [3.05, 3.63) is 93.1 Å². The second-order valence-electron chi connectivity index (χ2n) is 11.3. The van der Waals surface area contributed by atoms with Crippen LogP contribution in [0.25, 0.3) is 0 Å². The van der Waals surface area contributed by atoms with Crippen molar-refractivity contribution in [2.75, 3.05) is 14.2 Å². The van der Waals surface area contributed by atoms with E-state index in [1.165, 1.54) is 0 Å². The summed E-state index contributed by atoms with van der Waals surface area (Å²) in [6.45, 7) is 4.58. The molecule has 0 bridgehead atoms. The van der Waals surface area contributed by atoms with E-state index < -0.39 is 11.8 Å². The number of rotatable bonds is 11. The van der Waals surface area contributed by atoms with Gasteiger partial charge in [-0.15, -0.1) is 0 Å². The first kappa shape index (κ1) is 31.3. The van der Waals surface area contributed by atoms with E-state index in [1.54, 1.807) is 14.2 Å². The number of hydrogen-bond acceptors (Lipinski definition) is 7. The number of Topliss-reactive ketones (excluding diaryl/α,β-unsaturated/α-hetero) is 1. The summed E-state index contributed by atoms with van der Waals surface area (Å²) >= 11 is 3.74. The molecule has 0 aromatic heterocycles. The van der Waals surface area contributed by atoms with Gasteiger partial charge in [0.2, 0.25) is 0 Å². The summed E-state index contributed by atoms with van der Waals surface area (Å²) in [5.41, 5.74) is 4.88. The monoisotopic (exact) mass is 656 g/mol. The summed E-state index contributed by atoms with van der Waals surface area (Å²) in [4.78, 5) is 18.5. The topological polar surface area (TPSA) is 90.1 Å². The highest BCUT2D eigenvalue weighted by molar-refractivity contribution is 9.10. The van der Waals surface area contributed by atoms with Crippen LogP contribution in [0.3, 0.4) is 0 Å². The molecular weight excluding hydrogens is 620 g/mol. The third-order valence-electron chi connectivity index (χ3n) is 8.25. The minimum Gasteiger partial charge on any atom is -0.497 e. The number of carbonyl (C=O) groups excluding carboxylic acids is 1. The van der Waals surface area contributed by atoms with Crippen LogP contribution < -0.4 is 18.9 Å². The van der Waals surface area contributed by atoms with E-state index in [9.17, 15) is 10.1 Å². The number of carbonyl (C=O) groups is 1. The van der Waals surface area contributed by atoms with E-state index in [-0.39, 0.29) is 24.9 Å². The predicted octanol–water partition coefficient (Wildman–Crippen LogP) is 8.36. The molecule has 0 N–H and O–H groups in total. The van der Waals surface area contributed by atoms with Gasteiger partial charge in [-0.3, -0.25) is 9.79 Å². The van der Waals surface area contributed by atoms with Crippen LogP contribution in [0.5, 0.6) is 23.0 Å². The zero-order valence-corrected chi connectivity index (χ0v) is 27.1. The fraction of sp³-hybridized carbons (Fsp3) is 0.361. The molecule has 3 aromatic carbocycles. The maximum atomic E-state index is 13.7. The molecule has 0 radical (unpaired) electrons. The van der Waals surface area contributed by atoms with Gasteiger partial charge in [-0.2, -0.15) is 5.26 Å². The number of ketones is 1. The van der Waals surface area contributed by atoms with Crippen LogP contribution in [0, 0.1) is 23.2 Å². The fourth-order valence-electron chi connectivity index (χ4n) is 6.13. The molecule has 5 rings (SSSR count). The third-order valence-corrected chi connectivity index (χ3v) is 8.83. The Kier molecular flexibility index (Phi) is 10.1. The summed E-state index contributed by atoms with van der Waals surface area (Å²) in [7, 11) is 3.26. The largest absolute Gasteiger partial charge is 0.497 e. The number of benzene rings is 3. The number of methoxy groups -OCH3 is 2. The van der Waals surface area contributed by atoms with Gasteiger partial charge >= 0.3 is 0 Å². The predicted molar refractivity (Wildman–Crippen MR) is 173 cm³/mol. The highest BCUT2D eigenvalue weighted by Gasteiger charge is 2.41. The Morgan fingerprint density at radius 1 is 0.955 bits per heavy atom. The van der Waals surface area contributed by atoms with E-state index in [0.29, 0.717) is 28.0 Å². The molecule has 228 valence electrons. The van der Waals surface area contributed by atoms with Crippen LogP contribution in [0.2, 0.25) is 0 Å². The van der Waals surface area contributed by atoms with Crippen molar-refractivity contribution in [1.82, 2.24) is 0 Å². The van der Waals surface area contributed by atoms with Gasteiger partial charge in [0.15, 0.2) is 17.3 Å². The molecule has 2 aliphatic rings. The molecule has 0 saturated carbocycles. The Bertz CT molecular complexity index is 1640. The van der Waals surface area contributed by atoms with E-state index in [4.69, 9.17) is 23.9 Å². The minimum atomic E-state index is -0.567. The van der Waals surface area contributed by atoms with E-state index in [0.717, 1.165) is 58.9 Å². The zero-order chi connectivity index (χ0) is 31.2. The molecule has 3 aromatic rings. The first-order valence-corrected chi connectivity index (χ1v) is 15.7. The lowest BCUT2D eigenvalue weighted by Gasteiger charge is -2.35. The Morgan fingerprint density at radius 3 is 2.23 bits per heavy atom. The lowest BCUT2D eigenvalue weighted by atomic mass is 9.70. The molecule has 1 aliphatic heterocycles. The maximum Gasteiger partial charge on any atom is 0.175 e. The Balaban J connectivity index is 1.55. The van der Waals surface area contributed by atoms with Crippen molar-refractivity contribution >= 4 is 27.4 Å². The lowest BCUT2D eigenvalue weighted by molar-refractivity contribution is -0.117. The number of halogens is 1. The summed E-state index contributed by atoms with van der Waals surface area (Å²) in [5, 5.41) is 10.3. The minimum absolute atomic E-state index is 0.0829.